The summed E-state index contributed by atoms with van der Waals surface area (Å²) in [6.07, 6.45) is -3.84. The smallest absolute Gasteiger partial charge is 0.350 e. The molecule has 10 nitrogen and oxygen atoms in total. The number of fused-ring (bicyclic) bond motifs is 3. The van der Waals surface area contributed by atoms with Crippen molar-refractivity contribution >= 4 is 17.9 Å². The van der Waals surface area contributed by atoms with Crippen LogP contribution in [-0.2, 0) is 47.5 Å². The Balaban J connectivity index is 1.39. The highest BCUT2D eigenvalue weighted by Crippen LogP contribution is 2.43. The molecule has 29 heavy (non-hydrogen) atoms. The Morgan fingerprint density at radius 1 is 1.17 bits per heavy atom. The lowest BCUT2D eigenvalue weighted by Crippen LogP contribution is -2.43. The number of carbonyl (C=O) groups excluding carboxylic acids is 3. The standard InChI is InChI=1S/C19H26O10/c1-5-19(4,8-24-9-6-7-23-14(9)20)17(22)27-12-10-11(25-15(12)21)13-16(26-10)29-18(2,3)28-13/h9-13,16H,5-8H2,1-4H3. The molecule has 4 fully saturated rings. The maximum Gasteiger partial charge on any atom is 0.350 e. The summed E-state index contributed by atoms with van der Waals surface area (Å²) in [5.74, 6) is -2.59. The van der Waals surface area contributed by atoms with Crippen LogP contribution in [0, 0.1) is 5.41 Å². The summed E-state index contributed by atoms with van der Waals surface area (Å²) in [4.78, 5) is 36.8. The summed E-state index contributed by atoms with van der Waals surface area (Å²) in [6, 6.07) is 0. The first-order chi connectivity index (χ1) is 13.6. The van der Waals surface area contributed by atoms with Gasteiger partial charge in [-0.25, -0.2) is 9.59 Å². The highest BCUT2D eigenvalue weighted by atomic mass is 16.9. The molecule has 0 aliphatic carbocycles. The number of rotatable bonds is 6. The van der Waals surface area contributed by atoms with Gasteiger partial charge in [0.1, 0.15) is 6.10 Å². The summed E-state index contributed by atoms with van der Waals surface area (Å²) >= 11 is 0. The van der Waals surface area contributed by atoms with Crippen molar-refractivity contribution in [2.75, 3.05) is 13.2 Å². The van der Waals surface area contributed by atoms with Crippen LogP contribution in [0.4, 0.5) is 0 Å². The lowest BCUT2D eigenvalue weighted by molar-refractivity contribution is -0.218. The van der Waals surface area contributed by atoms with Gasteiger partial charge >= 0.3 is 17.9 Å². The molecule has 0 spiro atoms. The van der Waals surface area contributed by atoms with Gasteiger partial charge in [-0.15, -0.1) is 0 Å². The Labute approximate surface area is 168 Å². The van der Waals surface area contributed by atoms with Crippen molar-refractivity contribution in [1.82, 2.24) is 0 Å². The molecule has 0 aromatic rings. The molecule has 0 radical (unpaired) electrons. The first kappa shape index (κ1) is 20.5. The summed E-state index contributed by atoms with van der Waals surface area (Å²) in [6.45, 7) is 7.20. The first-order valence-corrected chi connectivity index (χ1v) is 9.84. The van der Waals surface area contributed by atoms with E-state index in [0.29, 0.717) is 19.4 Å². The number of hydrogen-bond donors (Lipinski definition) is 0. The van der Waals surface area contributed by atoms with E-state index in [1.807, 2.05) is 0 Å². The van der Waals surface area contributed by atoms with Crippen LogP contribution in [0.3, 0.4) is 0 Å². The number of hydrogen-bond acceptors (Lipinski definition) is 10. The van der Waals surface area contributed by atoms with E-state index in [2.05, 4.69) is 0 Å². The van der Waals surface area contributed by atoms with Crippen molar-refractivity contribution < 1.29 is 47.5 Å². The second-order valence-electron chi connectivity index (χ2n) is 8.47. The van der Waals surface area contributed by atoms with Gasteiger partial charge in [0.05, 0.1) is 18.6 Å². The van der Waals surface area contributed by atoms with E-state index in [9.17, 15) is 14.4 Å². The van der Waals surface area contributed by atoms with Crippen LogP contribution in [-0.4, -0.2) is 73.7 Å². The molecule has 0 saturated carbocycles. The third-order valence-corrected chi connectivity index (χ3v) is 5.81. The number of esters is 3. The zero-order chi connectivity index (χ0) is 21.0. The topological polar surface area (TPSA) is 116 Å². The van der Waals surface area contributed by atoms with E-state index in [1.165, 1.54) is 0 Å². The van der Waals surface area contributed by atoms with Crippen LogP contribution in [0.2, 0.25) is 0 Å². The molecule has 7 atom stereocenters. The Bertz CT molecular complexity index is 705. The molecule has 4 aliphatic rings. The van der Waals surface area contributed by atoms with Gasteiger partial charge in [-0.2, -0.15) is 0 Å². The maximum atomic E-state index is 12.9. The molecular weight excluding hydrogens is 388 g/mol. The van der Waals surface area contributed by atoms with Crippen LogP contribution in [0.5, 0.6) is 0 Å². The fraction of sp³-hybridized carbons (Fsp3) is 0.842. The van der Waals surface area contributed by atoms with Crippen LogP contribution in [0.25, 0.3) is 0 Å². The van der Waals surface area contributed by atoms with Crippen LogP contribution < -0.4 is 0 Å². The molecule has 0 aromatic heterocycles. The monoisotopic (exact) mass is 414 g/mol. The number of carbonyl (C=O) groups is 3. The second-order valence-corrected chi connectivity index (χ2v) is 8.47. The summed E-state index contributed by atoms with van der Waals surface area (Å²) in [7, 11) is 0. The van der Waals surface area contributed by atoms with Gasteiger partial charge in [0.2, 0.25) is 6.10 Å². The van der Waals surface area contributed by atoms with E-state index < -0.39 is 65.9 Å². The lowest BCUT2D eigenvalue weighted by Gasteiger charge is -2.28. The van der Waals surface area contributed by atoms with Crippen LogP contribution >= 0.6 is 0 Å². The molecule has 0 aromatic carbocycles. The highest BCUT2D eigenvalue weighted by molar-refractivity contribution is 5.84. The third-order valence-electron chi connectivity index (χ3n) is 5.81. The van der Waals surface area contributed by atoms with E-state index in [4.69, 9.17) is 33.2 Å². The third kappa shape index (κ3) is 3.63. The van der Waals surface area contributed by atoms with Gasteiger partial charge in [0.25, 0.3) is 0 Å². The molecule has 4 saturated heterocycles. The minimum absolute atomic E-state index is 0.0372. The molecule has 4 aliphatic heterocycles. The SMILES string of the molecule is CCC(C)(COC1CCOC1=O)C(=O)OC1C(=O)OC2C3OC(C)(C)OC3OC12. The summed E-state index contributed by atoms with van der Waals surface area (Å²) in [5.41, 5.74) is -1.05. The Hall–Kier alpha value is -1.75. The highest BCUT2D eigenvalue weighted by Gasteiger charge is 2.64. The van der Waals surface area contributed by atoms with Crippen molar-refractivity contribution in [2.45, 2.75) is 83.1 Å². The molecule has 0 bridgehead atoms. The Morgan fingerprint density at radius 2 is 1.93 bits per heavy atom. The molecule has 162 valence electrons. The largest absolute Gasteiger partial charge is 0.464 e. The number of cyclic esters (lactones) is 1. The van der Waals surface area contributed by atoms with E-state index in [-0.39, 0.29) is 6.61 Å². The molecule has 4 heterocycles. The molecular formula is C19H26O10. The average molecular weight is 414 g/mol. The van der Waals surface area contributed by atoms with E-state index in [0.717, 1.165) is 0 Å². The van der Waals surface area contributed by atoms with Gasteiger partial charge in [0, 0.05) is 6.42 Å². The fourth-order valence-electron chi connectivity index (χ4n) is 3.81. The minimum atomic E-state index is -1.21. The summed E-state index contributed by atoms with van der Waals surface area (Å²) < 4.78 is 38.5. The Kier molecular flexibility index (Phi) is 5.09. The zero-order valence-electron chi connectivity index (χ0n) is 16.9. The van der Waals surface area contributed by atoms with Crippen molar-refractivity contribution in [3.8, 4) is 0 Å². The van der Waals surface area contributed by atoms with E-state index in [1.54, 1.807) is 27.7 Å². The summed E-state index contributed by atoms with van der Waals surface area (Å²) in [5, 5.41) is 0. The normalized spacial score (nSPS) is 39.4. The number of ether oxygens (including phenoxy) is 7. The van der Waals surface area contributed by atoms with Gasteiger partial charge < -0.3 is 33.2 Å². The van der Waals surface area contributed by atoms with E-state index >= 15 is 0 Å². The van der Waals surface area contributed by atoms with Gasteiger partial charge in [-0.3, -0.25) is 4.79 Å². The fourth-order valence-corrected chi connectivity index (χ4v) is 3.81. The predicted molar refractivity (Wildman–Crippen MR) is 92.2 cm³/mol. The van der Waals surface area contributed by atoms with Crippen molar-refractivity contribution in [1.29, 1.82) is 0 Å². The maximum absolute atomic E-state index is 12.9. The zero-order valence-corrected chi connectivity index (χ0v) is 16.9. The lowest BCUT2D eigenvalue weighted by atomic mass is 9.88. The minimum Gasteiger partial charge on any atom is -0.464 e. The van der Waals surface area contributed by atoms with Gasteiger partial charge in [-0.05, 0) is 27.2 Å². The molecule has 10 heteroatoms. The predicted octanol–water partition coefficient (Wildman–Crippen LogP) is 0.448. The second kappa shape index (κ2) is 7.19. The molecule has 4 rings (SSSR count). The van der Waals surface area contributed by atoms with Gasteiger partial charge in [0.15, 0.2) is 30.4 Å². The average Bonchev–Trinajstić information content (AvgIpc) is 3.36. The van der Waals surface area contributed by atoms with Crippen molar-refractivity contribution in [3.63, 3.8) is 0 Å². The quantitative estimate of drug-likeness (QED) is 0.448. The van der Waals surface area contributed by atoms with Crippen LogP contribution in [0.1, 0.15) is 40.5 Å². The molecule has 0 N–H and O–H groups in total. The first-order valence-electron chi connectivity index (χ1n) is 9.84. The molecule has 0 amide bonds. The van der Waals surface area contributed by atoms with Crippen molar-refractivity contribution in [2.24, 2.45) is 5.41 Å². The van der Waals surface area contributed by atoms with Crippen LogP contribution in [0.15, 0.2) is 0 Å². The van der Waals surface area contributed by atoms with Gasteiger partial charge in [-0.1, -0.05) is 6.92 Å². The Morgan fingerprint density at radius 3 is 2.59 bits per heavy atom. The molecule has 7 unspecified atom stereocenters. The van der Waals surface area contributed by atoms with Crippen molar-refractivity contribution in [3.05, 3.63) is 0 Å².